The van der Waals surface area contributed by atoms with Crippen molar-refractivity contribution in [1.29, 1.82) is 0 Å². The molecule has 5 rings (SSSR count). The third-order valence-corrected chi connectivity index (χ3v) is 5.08. The van der Waals surface area contributed by atoms with Crippen molar-refractivity contribution < 1.29 is 4.39 Å². The Morgan fingerprint density at radius 2 is 1.67 bits per heavy atom. The van der Waals surface area contributed by atoms with Gasteiger partial charge in [-0.15, -0.1) is 0 Å². The Bertz CT molecular complexity index is 1290. The van der Waals surface area contributed by atoms with Gasteiger partial charge in [-0.1, -0.05) is 46.3 Å². The quantitative estimate of drug-likeness (QED) is 0.345. The predicted molar refractivity (Wildman–Crippen MR) is 109 cm³/mol. The molecule has 0 bridgehead atoms. The van der Waals surface area contributed by atoms with Gasteiger partial charge in [0.2, 0.25) is 0 Å². The molecule has 0 spiro atoms. The Morgan fingerprint density at radius 3 is 2.48 bits per heavy atom. The van der Waals surface area contributed by atoms with Crippen molar-refractivity contribution in [2.75, 3.05) is 0 Å². The molecule has 3 aromatic carbocycles. The second-order valence-corrected chi connectivity index (χ2v) is 7.20. The maximum atomic E-state index is 13.4. The number of nitrogens with zero attached hydrogens (tertiary/aromatic N) is 3. The average molecular weight is 418 g/mol. The number of benzene rings is 3. The lowest BCUT2D eigenvalue weighted by molar-refractivity contribution is 0.627. The van der Waals surface area contributed by atoms with Crippen LogP contribution in [0.15, 0.2) is 83.5 Å². The van der Waals surface area contributed by atoms with Gasteiger partial charge in [0.05, 0.1) is 16.7 Å². The normalized spacial score (nSPS) is 11.3. The minimum absolute atomic E-state index is 0.269. The summed E-state index contributed by atoms with van der Waals surface area (Å²) in [4.78, 5) is 4.61. The zero-order valence-corrected chi connectivity index (χ0v) is 15.7. The molecule has 0 aliphatic rings. The lowest BCUT2D eigenvalue weighted by Crippen LogP contribution is -1.97. The van der Waals surface area contributed by atoms with Gasteiger partial charge in [-0.3, -0.25) is 4.98 Å². The van der Waals surface area contributed by atoms with Crippen LogP contribution in [0.2, 0.25) is 0 Å². The van der Waals surface area contributed by atoms with E-state index in [1.54, 1.807) is 12.1 Å². The monoisotopic (exact) mass is 417 g/mol. The highest BCUT2D eigenvalue weighted by Crippen LogP contribution is 2.34. The van der Waals surface area contributed by atoms with E-state index in [4.69, 9.17) is 5.10 Å². The first-order chi connectivity index (χ1) is 13.2. The minimum Gasteiger partial charge on any atom is -0.255 e. The summed E-state index contributed by atoms with van der Waals surface area (Å²) in [6.07, 6.45) is 1.86. The maximum absolute atomic E-state index is 13.4. The van der Waals surface area contributed by atoms with Crippen molar-refractivity contribution in [2.24, 2.45) is 0 Å². The topological polar surface area (TPSA) is 30.7 Å². The molecular weight excluding hydrogens is 405 g/mol. The minimum atomic E-state index is -0.269. The maximum Gasteiger partial charge on any atom is 0.123 e. The first-order valence-electron chi connectivity index (χ1n) is 8.49. The summed E-state index contributed by atoms with van der Waals surface area (Å²) in [5.74, 6) is -0.269. The Balaban J connectivity index is 1.90. The number of aromatic nitrogens is 3. The van der Waals surface area contributed by atoms with Crippen LogP contribution < -0.4 is 0 Å². The number of fused-ring (bicyclic) bond motifs is 3. The summed E-state index contributed by atoms with van der Waals surface area (Å²) in [5, 5.41) is 6.85. The molecule has 0 radical (unpaired) electrons. The first kappa shape index (κ1) is 16.1. The molecule has 130 valence electrons. The molecule has 3 nitrogen and oxygen atoms in total. The summed E-state index contributed by atoms with van der Waals surface area (Å²) in [6.45, 7) is 0. The van der Waals surface area contributed by atoms with Crippen LogP contribution >= 0.6 is 15.9 Å². The number of pyridine rings is 1. The van der Waals surface area contributed by atoms with Gasteiger partial charge in [-0.2, -0.15) is 5.10 Å². The smallest absolute Gasteiger partial charge is 0.123 e. The number of halogens is 2. The van der Waals surface area contributed by atoms with Crippen molar-refractivity contribution in [2.45, 2.75) is 0 Å². The van der Waals surface area contributed by atoms with Gasteiger partial charge in [0.15, 0.2) is 0 Å². The second kappa shape index (κ2) is 6.28. The largest absolute Gasteiger partial charge is 0.255 e. The molecule has 0 unspecified atom stereocenters. The van der Waals surface area contributed by atoms with Crippen LogP contribution in [0.5, 0.6) is 0 Å². The highest BCUT2D eigenvalue weighted by molar-refractivity contribution is 9.10. The molecule has 0 fully saturated rings. The molecule has 5 aromatic rings. The zero-order chi connectivity index (χ0) is 18.4. The molecule has 0 N–H and O–H groups in total. The molecule has 2 aromatic heterocycles. The third-order valence-electron chi connectivity index (χ3n) is 4.58. The lowest BCUT2D eigenvalue weighted by Gasteiger charge is -2.05. The Hall–Kier alpha value is -3.05. The molecule has 2 heterocycles. The highest BCUT2D eigenvalue weighted by atomic mass is 79.9. The molecule has 27 heavy (non-hydrogen) atoms. The standard InChI is InChI=1S/C22H13BrFN3/c23-15-5-3-4-14(12-15)21-19-13-25-20-7-2-1-6-18(20)22(19)27(26-21)17-10-8-16(24)9-11-17/h1-13H. The van der Waals surface area contributed by atoms with Gasteiger partial charge in [-0.25, -0.2) is 9.07 Å². The van der Waals surface area contributed by atoms with E-state index < -0.39 is 0 Å². The number of hydrogen-bond donors (Lipinski definition) is 0. The second-order valence-electron chi connectivity index (χ2n) is 6.28. The third kappa shape index (κ3) is 2.71. The molecule has 0 amide bonds. The van der Waals surface area contributed by atoms with E-state index in [2.05, 4.69) is 20.9 Å². The van der Waals surface area contributed by atoms with Crippen molar-refractivity contribution >= 4 is 37.7 Å². The summed E-state index contributed by atoms with van der Waals surface area (Å²) in [6, 6.07) is 22.4. The van der Waals surface area contributed by atoms with E-state index in [1.165, 1.54) is 12.1 Å². The fraction of sp³-hybridized carbons (Fsp3) is 0. The van der Waals surface area contributed by atoms with Gasteiger partial charge in [0, 0.05) is 27.0 Å². The van der Waals surface area contributed by atoms with E-state index in [1.807, 2.05) is 59.4 Å². The lowest BCUT2D eigenvalue weighted by atomic mass is 10.1. The summed E-state index contributed by atoms with van der Waals surface area (Å²) in [7, 11) is 0. The molecule has 0 aliphatic heterocycles. The number of rotatable bonds is 2. The summed E-state index contributed by atoms with van der Waals surface area (Å²) >= 11 is 3.53. The van der Waals surface area contributed by atoms with Crippen LogP contribution in [0, 0.1) is 5.82 Å². The summed E-state index contributed by atoms with van der Waals surface area (Å²) in [5.41, 5.74) is 4.50. The average Bonchev–Trinajstić information content (AvgIpc) is 3.09. The first-order valence-corrected chi connectivity index (χ1v) is 9.28. The van der Waals surface area contributed by atoms with E-state index in [0.29, 0.717) is 0 Å². The predicted octanol–water partition coefficient (Wildman–Crippen LogP) is 6.14. The van der Waals surface area contributed by atoms with E-state index in [-0.39, 0.29) is 5.82 Å². The van der Waals surface area contributed by atoms with Gasteiger partial charge < -0.3 is 0 Å². The fourth-order valence-electron chi connectivity index (χ4n) is 3.35. The Morgan fingerprint density at radius 1 is 0.852 bits per heavy atom. The van der Waals surface area contributed by atoms with Crippen molar-refractivity contribution in [3.8, 4) is 16.9 Å². The number of hydrogen-bond acceptors (Lipinski definition) is 2. The Kier molecular flexibility index (Phi) is 3.76. The molecule has 0 aliphatic carbocycles. The van der Waals surface area contributed by atoms with Crippen molar-refractivity contribution in [1.82, 2.24) is 14.8 Å². The SMILES string of the molecule is Fc1ccc(-n2nc(-c3cccc(Br)c3)c3cnc4ccccc4c32)cc1. The van der Waals surface area contributed by atoms with Crippen LogP contribution in [0.3, 0.4) is 0 Å². The van der Waals surface area contributed by atoms with Gasteiger partial charge in [0.25, 0.3) is 0 Å². The van der Waals surface area contributed by atoms with Crippen molar-refractivity contribution in [3.05, 3.63) is 89.3 Å². The van der Waals surface area contributed by atoms with E-state index in [0.717, 1.165) is 43.2 Å². The van der Waals surface area contributed by atoms with Crippen LogP contribution in [-0.2, 0) is 0 Å². The van der Waals surface area contributed by atoms with Crippen molar-refractivity contribution in [3.63, 3.8) is 0 Å². The van der Waals surface area contributed by atoms with Crippen LogP contribution in [0.4, 0.5) is 4.39 Å². The molecule has 0 atom stereocenters. The van der Waals surface area contributed by atoms with Crippen LogP contribution in [-0.4, -0.2) is 14.8 Å². The van der Waals surface area contributed by atoms with E-state index >= 15 is 0 Å². The zero-order valence-electron chi connectivity index (χ0n) is 14.1. The van der Waals surface area contributed by atoms with E-state index in [9.17, 15) is 4.39 Å². The molecular formula is C22H13BrFN3. The van der Waals surface area contributed by atoms with Gasteiger partial charge in [0.1, 0.15) is 11.5 Å². The van der Waals surface area contributed by atoms with Crippen LogP contribution in [0.25, 0.3) is 38.8 Å². The summed E-state index contributed by atoms with van der Waals surface area (Å²) < 4.78 is 16.3. The number of para-hydroxylation sites is 1. The molecule has 0 saturated carbocycles. The molecule has 5 heteroatoms. The highest BCUT2D eigenvalue weighted by Gasteiger charge is 2.17. The van der Waals surface area contributed by atoms with Gasteiger partial charge in [-0.05, 0) is 42.5 Å². The molecule has 0 saturated heterocycles. The fourth-order valence-corrected chi connectivity index (χ4v) is 3.75. The Labute approximate surface area is 163 Å². The van der Waals surface area contributed by atoms with Crippen LogP contribution in [0.1, 0.15) is 0 Å². The van der Waals surface area contributed by atoms with Gasteiger partial charge >= 0.3 is 0 Å².